The van der Waals surface area contributed by atoms with Gasteiger partial charge in [-0.05, 0) is 37.5 Å². The molecule has 2 rings (SSSR count). The fourth-order valence-electron chi connectivity index (χ4n) is 1.92. The van der Waals surface area contributed by atoms with E-state index in [2.05, 4.69) is 10.8 Å². The highest BCUT2D eigenvalue weighted by molar-refractivity contribution is 7.89. The molecule has 0 heterocycles. The van der Waals surface area contributed by atoms with E-state index in [0.717, 1.165) is 12.8 Å². The summed E-state index contributed by atoms with van der Waals surface area (Å²) in [4.78, 5) is 0.0768. The summed E-state index contributed by atoms with van der Waals surface area (Å²) in [5.74, 6) is 0. The summed E-state index contributed by atoms with van der Waals surface area (Å²) in [6.45, 7) is 0. The van der Waals surface area contributed by atoms with Gasteiger partial charge in [-0.1, -0.05) is 23.8 Å². The molecule has 6 heteroatoms. The maximum absolute atomic E-state index is 12.2. The molecule has 0 bridgehead atoms. The van der Waals surface area contributed by atoms with Crippen LogP contribution >= 0.6 is 11.6 Å². The lowest BCUT2D eigenvalue weighted by atomic mass is 10.0. The summed E-state index contributed by atoms with van der Waals surface area (Å²) < 4.78 is 27.0. The fourth-order valence-corrected chi connectivity index (χ4v) is 3.75. The molecule has 3 N–H and O–H groups in total. The highest BCUT2D eigenvalue weighted by Gasteiger charge is 2.22. The summed E-state index contributed by atoms with van der Waals surface area (Å²) in [7, 11) is -3.58. The molecular weight excluding hydrogens is 272 g/mol. The number of halogens is 1. The number of hydrogen-bond acceptors (Lipinski definition) is 3. The zero-order valence-corrected chi connectivity index (χ0v) is 11.3. The topological polar surface area (TPSA) is 72.2 Å². The number of allylic oxidation sites excluding steroid dienone is 1. The molecule has 0 aromatic heterocycles. The Bertz CT molecular complexity index is 569. The molecule has 0 saturated heterocycles. The molecule has 1 aromatic rings. The Balaban J connectivity index is 2.22. The monoisotopic (exact) mass is 286 g/mol. The quantitative estimate of drug-likeness (QED) is 0.661. The molecular formula is C12H15ClN2O2S. The van der Waals surface area contributed by atoms with Gasteiger partial charge in [0.15, 0.2) is 0 Å². The SMILES string of the molecule is Nc1ccc(S(=O)(=O)NC2CC=CCC2)c(Cl)c1. The van der Waals surface area contributed by atoms with E-state index < -0.39 is 10.0 Å². The van der Waals surface area contributed by atoms with E-state index in [1.165, 1.54) is 18.2 Å². The first-order valence-electron chi connectivity index (χ1n) is 5.71. The third kappa shape index (κ3) is 3.04. The normalized spacial score (nSPS) is 19.9. The molecule has 0 radical (unpaired) electrons. The van der Waals surface area contributed by atoms with Crippen molar-refractivity contribution in [3.8, 4) is 0 Å². The van der Waals surface area contributed by atoms with Crippen LogP contribution in [0, 0.1) is 0 Å². The van der Waals surface area contributed by atoms with Crippen LogP contribution in [-0.2, 0) is 10.0 Å². The molecule has 0 spiro atoms. The second kappa shape index (κ2) is 5.30. The minimum absolute atomic E-state index is 0.0615. The lowest BCUT2D eigenvalue weighted by Crippen LogP contribution is -2.35. The van der Waals surface area contributed by atoms with E-state index in [1.807, 2.05) is 6.08 Å². The smallest absolute Gasteiger partial charge is 0.242 e. The molecule has 1 aromatic carbocycles. The predicted octanol–water partition coefficient (Wildman–Crippen LogP) is 2.31. The molecule has 0 amide bonds. The summed E-state index contributed by atoms with van der Waals surface area (Å²) >= 11 is 5.92. The summed E-state index contributed by atoms with van der Waals surface area (Å²) in [5.41, 5.74) is 5.99. The maximum Gasteiger partial charge on any atom is 0.242 e. The van der Waals surface area contributed by atoms with Crippen LogP contribution in [0.4, 0.5) is 5.69 Å². The first kappa shape index (κ1) is 13.4. The van der Waals surface area contributed by atoms with E-state index in [1.54, 1.807) is 0 Å². The van der Waals surface area contributed by atoms with Crippen molar-refractivity contribution in [3.63, 3.8) is 0 Å². The van der Waals surface area contributed by atoms with Crippen molar-refractivity contribution in [2.24, 2.45) is 0 Å². The van der Waals surface area contributed by atoms with Crippen molar-refractivity contribution in [1.82, 2.24) is 4.72 Å². The Morgan fingerprint density at radius 2 is 2.11 bits per heavy atom. The molecule has 0 aliphatic heterocycles. The highest BCUT2D eigenvalue weighted by Crippen LogP contribution is 2.24. The minimum Gasteiger partial charge on any atom is -0.399 e. The van der Waals surface area contributed by atoms with Gasteiger partial charge in [0.2, 0.25) is 10.0 Å². The number of nitrogens with one attached hydrogen (secondary N) is 1. The van der Waals surface area contributed by atoms with E-state index in [0.29, 0.717) is 12.1 Å². The van der Waals surface area contributed by atoms with Crippen LogP contribution in [0.3, 0.4) is 0 Å². The minimum atomic E-state index is -3.58. The van der Waals surface area contributed by atoms with E-state index in [9.17, 15) is 8.42 Å². The number of nitrogens with two attached hydrogens (primary N) is 1. The number of hydrogen-bond donors (Lipinski definition) is 2. The van der Waals surface area contributed by atoms with Gasteiger partial charge in [-0.25, -0.2) is 13.1 Å². The average molecular weight is 287 g/mol. The molecule has 1 aliphatic rings. The van der Waals surface area contributed by atoms with Crippen LogP contribution in [0.2, 0.25) is 5.02 Å². The van der Waals surface area contributed by atoms with Gasteiger partial charge in [0.25, 0.3) is 0 Å². The van der Waals surface area contributed by atoms with Gasteiger partial charge in [-0.2, -0.15) is 0 Å². The number of sulfonamides is 1. The third-order valence-electron chi connectivity index (χ3n) is 2.84. The van der Waals surface area contributed by atoms with Crippen molar-refractivity contribution in [1.29, 1.82) is 0 Å². The number of benzene rings is 1. The highest BCUT2D eigenvalue weighted by atomic mass is 35.5. The van der Waals surface area contributed by atoms with Crippen LogP contribution in [-0.4, -0.2) is 14.5 Å². The number of anilines is 1. The zero-order valence-electron chi connectivity index (χ0n) is 9.77. The van der Waals surface area contributed by atoms with Crippen molar-refractivity contribution in [3.05, 3.63) is 35.4 Å². The zero-order chi connectivity index (χ0) is 13.2. The largest absolute Gasteiger partial charge is 0.399 e. The molecule has 18 heavy (non-hydrogen) atoms. The van der Waals surface area contributed by atoms with Gasteiger partial charge in [0.05, 0.1) is 5.02 Å². The Hall–Kier alpha value is -1.04. The lowest BCUT2D eigenvalue weighted by molar-refractivity contribution is 0.522. The van der Waals surface area contributed by atoms with Crippen molar-refractivity contribution >= 4 is 27.3 Å². The average Bonchev–Trinajstić information content (AvgIpc) is 2.29. The summed E-state index contributed by atoms with van der Waals surface area (Å²) in [6, 6.07) is 4.34. The van der Waals surface area contributed by atoms with E-state index >= 15 is 0 Å². The second-order valence-electron chi connectivity index (χ2n) is 4.29. The standard InChI is InChI=1S/C12H15ClN2O2S/c13-11-8-9(14)6-7-12(11)18(16,17)15-10-4-2-1-3-5-10/h1-2,6-8,10,15H,3-5,14H2. The van der Waals surface area contributed by atoms with Crippen LogP contribution in [0.15, 0.2) is 35.2 Å². The molecule has 98 valence electrons. The first-order valence-corrected chi connectivity index (χ1v) is 7.57. The van der Waals surface area contributed by atoms with Crippen molar-refractivity contribution < 1.29 is 8.42 Å². The van der Waals surface area contributed by atoms with E-state index in [4.69, 9.17) is 17.3 Å². The molecule has 0 fully saturated rings. The predicted molar refractivity (Wildman–Crippen MR) is 73.0 cm³/mol. The van der Waals surface area contributed by atoms with Gasteiger partial charge < -0.3 is 5.73 Å². The Morgan fingerprint density at radius 3 is 2.72 bits per heavy atom. The van der Waals surface area contributed by atoms with Gasteiger partial charge >= 0.3 is 0 Å². The van der Waals surface area contributed by atoms with Gasteiger partial charge in [0, 0.05) is 11.7 Å². The van der Waals surface area contributed by atoms with Crippen LogP contribution < -0.4 is 10.5 Å². The van der Waals surface area contributed by atoms with Crippen LogP contribution in [0.25, 0.3) is 0 Å². The van der Waals surface area contributed by atoms with Crippen molar-refractivity contribution in [2.75, 3.05) is 5.73 Å². The molecule has 4 nitrogen and oxygen atoms in total. The van der Waals surface area contributed by atoms with Crippen molar-refractivity contribution in [2.45, 2.75) is 30.2 Å². The summed E-state index contributed by atoms with van der Waals surface area (Å²) in [6.07, 6.45) is 6.46. The number of nitrogen functional groups attached to an aromatic ring is 1. The second-order valence-corrected chi connectivity index (χ2v) is 6.38. The first-order chi connectivity index (χ1) is 8.49. The molecule has 0 saturated carbocycles. The summed E-state index contributed by atoms with van der Waals surface area (Å²) in [5, 5.41) is 0.147. The van der Waals surface area contributed by atoms with Gasteiger partial charge in [0.1, 0.15) is 4.90 Å². The third-order valence-corrected chi connectivity index (χ3v) is 4.84. The fraction of sp³-hybridized carbons (Fsp3) is 0.333. The van der Waals surface area contributed by atoms with E-state index in [-0.39, 0.29) is 16.0 Å². The number of rotatable bonds is 3. The molecule has 1 unspecified atom stereocenters. The Kier molecular flexibility index (Phi) is 3.94. The lowest BCUT2D eigenvalue weighted by Gasteiger charge is -2.19. The van der Waals surface area contributed by atoms with Gasteiger partial charge in [-0.3, -0.25) is 0 Å². The van der Waals surface area contributed by atoms with Crippen LogP contribution in [0.1, 0.15) is 19.3 Å². The Labute approximate surface area is 112 Å². The molecule has 1 aliphatic carbocycles. The maximum atomic E-state index is 12.2. The Morgan fingerprint density at radius 1 is 1.33 bits per heavy atom. The van der Waals surface area contributed by atoms with Crippen LogP contribution in [0.5, 0.6) is 0 Å². The molecule has 1 atom stereocenters. The van der Waals surface area contributed by atoms with Gasteiger partial charge in [-0.15, -0.1) is 0 Å².